The highest BCUT2D eigenvalue weighted by Crippen LogP contribution is 2.24. The minimum absolute atomic E-state index is 0.393. The molecule has 3 unspecified atom stereocenters. The molecule has 0 aliphatic carbocycles. The van der Waals surface area contributed by atoms with Crippen LogP contribution in [0.5, 0.6) is 0 Å². The minimum Gasteiger partial charge on any atom is -0.389 e. The molecule has 1 aromatic carbocycles. The molecule has 3 atom stereocenters. The van der Waals surface area contributed by atoms with Gasteiger partial charge in [-0.3, -0.25) is 4.90 Å². The topological polar surface area (TPSA) is 49.5 Å². The fourth-order valence-corrected chi connectivity index (χ4v) is 3.06. The van der Waals surface area contributed by atoms with Gasteiger partial charge < -0.3 is 10.8 Å². The average Bonchev–Trinajstić information content (AvgIpc) is 2.42. The Morgan fingerprint density at radius 2 is 2.05 bits per heavy atom. The first-order valence-corrected chi connectivity index (χ1v) is 7.70. The van der Waals surface area contributed by atoms with E-state index in [0.717, 1.165) is 23.6 Å². The molecule has 110 valence electrons. The third kappa shape index (κ3) is 3.78. The Morgan fingerprint density at radius 1 is 1.40 bits per heavy atom. The van der Waals surface area contributed by atoms with Gasteiger partial charge in [-0.25, -0.2) is 0 Å². The molecule has 3 N–H and O–H groups in total. The Morgan fingerprint density at radius 3 is 2.60 bits per heavy atom. The summed E-state index contributed by atoms with van der Waals surface area (Å²) in [7, 11) is 0. The van der Waals surface area contributed by atoms with Crippen molar-refractivity contribution in [3.8, 4) is 0 Å². The Labute approximate surface area is 126 Å². The first-order valence-electron chi connectivity index (χ1n) is 7.29. The van der Waals surface area contributed by atoms with Crippen molar-refractivity contribution in [2.75, 3.05) is 13.1 Å². The molecule has 0 amide bonds. The number of rotatable bonds is 4. The number of hydrogen-bond donors (Lipinski definition) is 2. The molecule has 1 aromatic rings. The van der Waals surface area contributed by atoms with E-state index < -0.39 is 6.10 Å². The smallest absolute Gasteiger partial charge is 0.103 e. The minimum atomic E-state index is -0.453. The molecule has 20 heavy (non-hydrogen) atoms. The maximum Gasteiger partial charge on any atom is 0.103 e. The number of β-amino-alcohol motifs (C(OH)–C–C–N with tert-alkyl or cyclic N) is 1. The monoisotopic (exact) mass is 292 g/mol. The van der Waals surface area contributed by atoms with Gasteiger partial charge in [0.25, 0.3) is 0 Å². The number of nitrogens with zero attached hydrogens (tertiary/aromatic N) is 1. The summed E-state index contributed by atoms with van der Waals surface area (Å²) in [6, 6.07) is 8.13. The molecule has 3 nitrogen and oxygen atoms in total. The van der Waals surface area contributed by atoms with Crippen LogP contribution in [0.25, 0.3) is 0 Å². The lowest BCUT2D eigenvalue weighted by molar-refractivity contribution is 0.0601. The predicted octanol–water partition coefficient (Wildman–Crippen LogP) is 2.47. The Balaban J connectivity index is 1.97. The van der Waals surface area contributed by atoms with E-state index in [1.165, 1.54) is 12.8 Å². The number of piperidine rings is 1. The first-order chi connectivity index (χ1) is 9.47. The second kappa shape index (κ2) is 6.66. The Kier molecular flexibility index (Phi) is 5.13. The van der Waals surface area contributed by atoms with Crippen LogP contribution in [0.2, 0.25) is 0 Å². The fourth-order valence-electron chi connectivity index (χ4n) is 2.92. The van der Waals surface area contributed by atoms with E-state index in [0.29, 0.717) is 17.6 Å². The molecule has 0 saturated carbocycles. The summed E-state index contributed by atoms with van der Waals surface area (Å²) in [4.78, 5) is 2.77. The van der Waals surface area contributed by atoms with E-state index in [1.807, 2.05) is 24.3 Å². The lowest BCUT2D eigenvalue weighted by Gasteiger charge is -2.37. The van der Waals surface area contributed by atoms with Crippen LogP contribution in [-0.2, 0) is 0 Å². The molecule has 1 aliphatic rings. The van der Waals surface area contributed by atoms with E-state index in [4.69, 9.17) is 18.0 Å². The summed E-state index contributed by atoms with van der Waals surface area (Å²) in [5, 5.41) is 10.4. The van der Waals surface area contributed by atoms with E-state index in [2.05, 4.69) is 18.7 Å². The van der Waals surface area contributed by atoms with Gasteiger partial charge in [-0.15, -0.1) is 0 Å². The summed E-state index contributed by atoms with van der Waals surface area (Å²) >= 11 is 4.94. The van der Waals surface area contributed by atoms with Crippen LogP contribution >= 0.6 is 12.2 Å². The van der Waals surface area contributed by atoms with E-state index in [9.17, 15) is 5.11 Å². The van der Waals surface area contributed by atoms with Crippen molar-refractivity contribution in [1.29, 1.82) is 0 Å². The van der Waals surface area contributed by atoms with Crippen molar-refractivity contribution < 1.29 is 5.11 Å². The van der Waals surface area contributed by atoms with Gasteiger partial charge in [-0.1, -0.05) is 43.4 Å². The van der Waals surface area contributed by atoms with Crippen LogP contribution in [0.4, 0.5) is 0 Å². The van der Waals surface area contributed by atoms with Gasteiger partial charge in [0.15, 0.2) is 0 Å². The Bertz CT molecular complexity index is 460. The van der Waals surface area contributed by atoms with Crippen LogP contribution in [0.3, 0.4) is 0 Å². The second-order valence-corrected chi connectivity index (χ2v) is 6.42. The molecule has 0 bridgehead atoms. The van der Waals surface area contributed by atoms with Crippen molar-refractivity contribution in [3.05, 3.63) is 35.4 Å². The number of likely N-dealkylation sites (tertiary alicyclic amines) is 1. The summed E-state index contributed by atoms with van der Waals surface area (Å²) in [5.41, 5.74) is 7.35. The second-order valence-electron chi connectivity index (χ2n) is 5.98. The number of nitrogens with two attached hydrogens (primary N) is 1. The van der Waals surface area contributed by atoms with Gasteiger partial charge in [0.1, 0.15) is 4.99 Å². The van der Waals surface area contributed by atoms with Crippen LogP contribution in [0.15, 0.2) is 24.3 Å². The molecule has 1 heterocycles. The molecule has 1 saturated heterocycles. The zero-order valence-electron chi connectivity index (χ0n) is 12.2. The van der Waals surface area contributed by atoms with Crippen molar-refractivity contribution >= 4 is 17.2 Å². The number of benzene rings is 1. The lowest BCUT2D eigenvalue weighted by atomic mass is 9.93. The highest BCUT2D eigenvalue weighted by Gasteiger charge is 2.24. The van der Waals surface area contributed by atoms with E-state index >= 15 is 0 Å². The third-order valence-electron chi connectivity index (χ3n) is 4.26. The Hall–Kier alpha value is -0.970. The summed E-state index contributed by atoms with van der Waals surface area (Å²) in [6.45, 7) is 6.32. The van der Waals surface area contributed by atoms with Crippen molar-refractivity contribution in [1.82, 2.24) is 4.90 Å². The molecule has 1 aliphatic heterocycles. The quantitative estimate of drug-likeness (QED) is 0.837. The van der Waals surface area contributed by atoms with Gasteiger partial charge in [0.2, 0.25) is 0 Å². The maximum absolute atomic E-state index is 10.4. The fraction of sp³-hybridized carbons (Fsp3) is 0.562. The van der Waals surface area contributed by atoms with Gasteiger partial charge in [-0.2, -0.15) is 0 Å². The zero-order chi connectivity index (χ0) is 14.7. The summed E-state index contributed by atoms with van der Waals surface area (Å²) in [6.07, 6.45) is 1.98. The van der Waals surface area contributed by atoms with Crippen LogP contribution < -0.4 is 5.73 Å². The zero-order valence-corrected chi connectivity index (χ0v) is 13.1. The normalized spacial score (nSPS) is 25.4. The molecular formula is C16H24N2OS. The average molecular weight is 292 g/mol. The number of hydrogen-bond acceptors (Lipinski definition) is 3. The van der Waals surface area contributed by atoms with Crippen LogP contribution in [0, 0.1) is 5.92 Å². The highest BCUT2D eigenvalue weighted by molar-refractivity contribution is 7.80. The molecule has 0 aromatic heterocycles. The van der Waals surface area contributed by atoms with Crippen LogP contribution in [-0.4, -0.2) is 34.1 Å². The van der Waals surface area contributed by atoms with Gasteiger partial charge in [0, 0.05) is 18.2 Å². The number of aliphatic hydroxyl groups is 1. The van der Waals surface area contributed by atoms with Crippen LogP contribution in [0.1, 0.15) is 43.9 Å². The van der Waals surface area contributed by atoms with Gasteiger partial charge in [-0.05, 0) is 37.8 Å². The number of thiocarbonyl (C=S) groups is 1. The van der Waals surface area contributed by atoms with E-state index in [-0.39, 0.29) is 0 Å². The predicted molar refractivity (Wildman–Crippen MR) is 86.7 cm³/mol. The molecule has 4 heteroatoms. The summed E-state index contributed by atoms with van der Waals surface area (Å²) in [5.74, 6) is 0.795. The van der Waals surface area contributed by atoms with Gasteiger partial charge in [0.05, 0.1) is 6.10 Å². The number of aliphatic hydroxyl groups excluding tert-OH is 1. The maximum atomic E-state index is 10.4. The molecule has 0 spiro atoms. The lowest BCUT2D eigenvalue weighted by Crippen LogP contribution is -2.42. The van der Waals surface area contributed by atoms with Crippen molar-refractivity contribution in [3.63, 3.8) is 0 Å². The van der Waals surface area contributed by atoms with Gasteiger partial charge >= 0.3 is 0 Å². The highest BCUT2D eigenvalue weighted by atomic mass is 32.1. The molecule has 0 radical (unpaired) electrons. The SMILES string of the molecule is CC1CCN(CC(O)c2ccc(C(N)=S)cc2)C(C)C1. The van der Waals surface area contributed by atoms with Crippen molar-refractivity contribution in [2.24, 2.45) is 11.7 Å². The first kappa shape index (κ1) is 15.4. The summed E-state index contributed by atoms with van der Waals surface area (Å²) < 4.78 is 0. The standard InChI is InChI=1S/C16H24N2OS/c1-11-7-8-18(12(2)9-11)10-15(19)13-3-5-14(6-4-13)16(17)20/h3-6,11-12,15,19H,7-10H2,1-2H3,(H2,17,20). The molecule has 1 fully saturated rings. The third-order valence-corrected chi connectivity index (χ3v) is 4.50. The van der Waals surface area contributed by atoms with Crippen molar-refractivity contribution in [2.45, 2.75) is 38.8 Å². The molecular weight excluding hydrogens is 268 g/mol. The largest absolute Gasteiger partial charge is 0.389 e. The molecule has 2 rings (SSSR count). The van der Waals surface area contributed by atoms with E-state index in [1.54, 1.807) is 0 Å².